The zero-order valence-corrected chi connectivity index (χ0v) is 17.0. The van der Waals surface area contributed by atoms with Crippen LogP contribution >= 0.6 is 0 Å². The van der Waals surface area contributed by atoms with E-state index in [4.69, 9.17) is 4.74 Å². The molecule has 3 heterocycles. The lowest BCUT2D eigenvalue weighted by atomic mass is 10.2. The summed E-state index contributed by atoms with van der Waals surface area (Å²) >= 11 is 0. The predicted octanol–water partition coefficient (Wildman–Crippen LogP) is 4.46. The summed E-state index contributed by atoms with van der Waals surface area (Å²) in [5.41, 5.74) is 4.83. The van der Waals surface area contributed by atoms with E-state index in [-0.39, 0.29) is 0 Å². The first kappa shape index (κ1) is 18.7. The maximum Gasteiger partial charge on any atom is 0.121 e. The molecule has 0 saturated carbocycles. The molecule has 0 spiro atoms. The molecule has 1 fully saturated rings. The number of anilines is 1. The van der Waals surface area contributed by atoms with Crippen LogP contribution in [0.15, 0.2) is 79.1 Å². The molecule has 1 N–H and O–H groups in total. The van der Waals surface area contributed by atoms with Crippen LogP contribution in [0.1, 0.15) is 11.3 Å². The molecule has 2 aromatic heterocycles. The van der Waals surface area contributed by atoms with Crippen molar-refractivity contribution in [2.75, 3.05) is 31.1 Å². The fourth-order valence-electron chi connectivity index (χ4n) is 4.03. The molecule has 0 radical (unpaired) electrons. The minimum absolute atomic E-state index is 0.595. The van der Waals surface area contributed by atoms with Crippen LogP contribution in [0.2, 0.25) is 0 Å². The molecule has 2 aromatic carbocycles. The highest BCUT2D eigenvalue weighted by Gasteiger charge is 2.18. The second-order valence-corrected chi connectivity index (χ2v) is 7.79. The van der Waals surface area contributed by atoms with Gasteiger partial charge in [-0.1, -0.05) is 36.4 Å². The quantitative estimate of drug-likeness (QED) is 0.521. The molecule has 5 heteroatoms. The fourth-order valence-corrected chi connectivity index (χ4v) is 4.03. The number of fused-ring (bicyclic) bond motifs is 1. The Morgan fingerprint density at radius 1 is 0.900 bits per heavy atom. The van der Waals surface area contributed by atoms with E-state index in [2.05, 4.69) is 56.2 Å². The third-order valence-corrected chi connectivity index (χ3v) is 5.67. The standard InChI is InChI=1S/C25H26N4O/c1-2-5-20(6-3-1)19-30-24-8-4-7-23(16-24)29-13-11-28(12-14-29)18-22-15-21-17-26-10-9-25(21)27-22/h1-10,15-17,27H,11-14,18-19H2. The number of rotatable bonds is 6. The summed E-state index contributed by atoms with van der Waals surface area (Å²) < 4.78 is 6.01. The maximum absolute atomic E-state index is 6.01. The fraction of sp³-hybridized carbons (Fsp3) is 0.240. The van der Waals surface area contributed by atoms with Crippen LogP contribution in [0.25, 0.3) is 10.9 Å². The molecule has 5 rings (SSSR count). The van der Waals surface area contributed by atoms with Gasteiger partial charge in [-0.05, 0) is 29.8 Å². The van der Waals surface area contributed by atoms with Gasteiger partial charge in [-0.2, -0.15) is 0 Å². The number of nitrogens with one attached hydrogen (secondary N) is 1. The Bertz CT molecular complexity index is 1070. The average molecular weight is 399 g/mol. The minimum atomic E-state index is 0.595. The lowest BCUT2D eigenvalue weighted by Gasteiger charge is -2.36. The number of H-pyrrole nitrogens is 1. The zero-order chi connectivity index (χ0) is 20.2. The number of nitrogens with zero attached hydrogens (tertiary/aromatic N) is 3. The van der Waals surface area contributed by atoms with Crippen molar-refractivity contribution < 1.29 is 4.74 Å². The van der Waals surface area contributed by atoms with Crippen molar-refractivity contribution in [2.45, 2.75) is 13.2 Å². The third-order valence-electron chi connectivity index (χ3n) is 5.67. The van der Waals surface area contributed by atoms with E-state index in [1.54, 1.807) is 0 Å². The Morgan fingerprint density at radius 3 is 2.60 bits per heavy atom. The first-order valence-electron chi connectivity index (χ1n) is 10.5. The van der Waals surface area contributed by atoms with Crippen LogP contribution in [0.4, 0.5) is 5.69 Å². The van der Waals surface area contributed by atoms with Crippen molar-refractivity contribution in [1.82, 2.24) is 14.9 Å². The summed E-state index contributed by atoms with van der Waals surface area (Å²) in [6.07, 6.45) is 3.75. The first-order valence-corrected chi connectivity index (χ1v) is 10.5. The van der Waals surface area contributed by atoms with Crippen molar-refractivity contribution in [1.29, 1.82) is 0 Å². The van der Waals surface area contributed by atoms with Gasteiger partial charge in [0.05, 0.1) is 0 Å². The lowest BCUT2D eigenvalue weighted by Crippen LogP contribution is -2.46. The number of aromatic amines is 1. The molecule has 1 aliphatic rings. The molecular weight excluding hydrogens is 372 g/mol. The second kappa shape index (κ2) is 8.59. The number of piperazine rings is 1. The molecular formula is C25H26N4O. The van der Waals surface area contributed by atoms with Gasteiger partial charge in [0.1, 0.15) is 12.4 Å². The first-order chi connectivity index (χ1) is 14.8. The van der Waals surface area contributed by atoms with Gasteiger partial charge in [-0.25, -0.2) is 0 Å². The van der Waals surface area contributed by atoms with Crippen molar-refractivity contribution >= 4 is 16.6 Å². The highest BCUT2D eigenvalue weighted by atomic mass is 16.5. The summed E-state index contributed by atoms with van der Waals surface area (Å²) in [7, 11) is 0. The summed E-state index contributed by atoms with van der Waals surface area (Å²) in [6, 6.07) is 23.0. The van der Waals surface area contributed by atoms with Crippen molar-refractivity contribution in [3.8, 4) is 5.75 Å². The van der Waals surface area contributed by atoms with Gasteiger partial charge in [0.2, 0.25) is 0 Å². The number of benzene rings is 2. The van der Waals surface area contributed by atoms with Crippen LogP contribution in [0, 0.1) is 0 Å². The van der Waals surface area contributed by atoms with Crippen LogP contribution in [-0.2, 0) is 13.2 Å². The average Bonchev–Trinajstić information content (AvgIpc) is 3.21. The topological polar surface area (TPSA) is 44.4 Å². The molecule has 0 atom stereocenters. The lowest BCUT2D eigenvalue weighted by molar-refractivity contribution is 0.247. The summed E-state index contributed by atoms with van der Waals surface area (Å²) in [6.45, 7) is 5.67. The smallest absolute Gasteiger partial charge is 0.121 e. The number of hydrogen-bond acceptors (Lipinski definition) is 4. The van der Waals surface area contributed by atoms with E-state index in [0.717, 1.165) is 44.0 Å². The van der Waals surface area contributed by atoms with E-state index in [1.807, 2.05) is 42.7 Å². The molecule has 0 aliphatic carbocycles. The van der Waals surface area contributed by atoms with Gasteiger partial charge in [0.15, 0.2) is 0 Å². The van der Waals surface area contributed by atoms with Crippen molar-refractivity contribution in [3.05, 3.63) is 90.4 Å². The molecule has 4 aromatic rings. The summed E-state index contributed by atoms with van der Waals surface area (Å²) in [4.78, 5) is 12.7. The van der Waals surface area contributed by atoms with Gasteiger partial charge >= 0.3 is 0 Å². The number of pyridine rings is 1. The summed E-state index contributed by atoms with van der Waals surface area (Å²) in [5, 5.41) is 1.18. The Hall–Kier alpha value is -3.31. The van der Waals surface area contributed by atoms with E-state index in [1.165, 1.54) is 22.3 Å². The molecule has 0 amide bonds. The van der Waals surface area contributed by atoms with E-state index in [0.29, 0.717) is 6.61 Å². The highest BCUT2D eigenvalue weighted by Crippen LogP contribution is 2.24. The Balaban J connectivity index is 1.17. The highest BCUT2D eigenvalue weighted by molar-refractivity contribution is 5.79. The predicted molar refractivity (Wildman–Crippen MR) is 121 cm³/mol. The van der Waals surface area contributed by atoms with Gasteiger partial charge in [0, 0.05) is 73.5 Å². The van der Waals surface area contributed by atoms with Crippen LogP contribution in [0.3, 0.4) is 0 Å². The molecule has 30 heavy (non-hydrogen) atoms. The third kappa shape index (κ3) is 4.31. The second-order valence-electron chi connectivity index (χ2n) is 7.79. The van der Waals surface area contributed by atoms with Gasteiger partial charge in [0.25, 0.3) is 0 Å². The van der Waals surface area contributed by atoms with Crippen molar-refractivity contribution in [2.24, 2.45) is 0 Å². The zero-order valence-electron chi connectivity index (χ0n) is 17.0. The largest absolute Gasteiger partial charge is 0.489 e. The Morgan fingerprint density at radius 2 is 1.77 bits per heavy atom. The molecule has 1 aliphatic heterocycles. The van der Waals surface area contributed by atoms with Crippen LogP contribution in [-0.4, -0.2) is 41.0 Å². The van der Waals surface area contributed by atoms with Crippen LogP contribution in [0.5, 0.6) is 5.75 Å². The normalized spacial score (nSPS) is 14.9. The van der Waals surface area contributed by atoms with Crippen LogP contribution < -0.4 is 9.64 Å². The number of aromatic nitrogens is 2. The molecule has 0 unspecified atom stereocenters. The molecule has 1 saturated heterocycles. The Kier molecular flexibility index (Phi) is 5.36. The SMILES string of the molecule is c1ccc(COc2cccc(N3CCN(Cc4cc5cnccc5[nH]4)CC3)c2)cc1. The molecule has 5 nitrogen and oxygen atoms in total. The summed E-state index contributed by atoms with van der Waals surface area (Å²) in [5.74, 6) is 0.922. The van der Waals surface area contributed by atoms with E-state index < -0.39 is 0 Å². The number of ether oxygens (including phenoxy) is 1. The van der Waals surface area contributed by atoms with Gasteiger partial charge < -0.3 is 14.6 Å². The monoisotopic (exact) mass is 398 g/mol. The maximum atomic E-state index is 6.01. The van der Waals surface area contributed by atoms with Crippen molar-refractivity contribution in [3.63, 3.8) is 0 Å². The molecule has 0 bridgehead atoms. The Labute approximate surface area is 176 Å². The molecule has 152 valence electrons. The number of hydrogen-bond donors (Lipinski definition) is 1. The van der Waals surface area contributed by atoms with E-state index in [9.17, 15) is 0 Å². The van der Waals surface area contributed by atoms with Gasteiger partial charge in [-0.15, -0.1) is 0 Å². The minimum Gasteiger partial charge on any atom is -0.489 e. The van der Waals surface area contributed by atoms with Gasteiger partial charge in [-0.3, -0.25) is 9.88 Å². The van der Waals surface area contributed by atoms with E-state index >= 15 is 0 Å².